The highest BCUT2D eigenvalue weighted by Crippen LogP contribution is 2.23. The van der Waals surface area contributed by atoms with Gasteiger partial charge in [0.2, 0.25) is 0 Å². The largest absolute Gasteiger partial charge is 0.327 e. The standard InChI is InChI=1S/C19H18ClN5O2/c1-10(13-8-11-7-12(20)4-5-14(11)22-18(13)26)3-6-16-21-9-15-17(24-16)25(2)19(27)23-15/h4-5,7-10H,3,6H2,1-2H3,(H,22,26)(H,23,27)/t10-/m1/s1. The van der Waals surface area contributed by atoms with Crippen molar-refractivity contribution in [2.24, 2.45) is 7.05 Å². The van der Waals surface area contributed by atoms with Gasteiger partial charge in [0.1, 0.15) is 11.3 Å². The minimum absolute atomic E-state index is 0.0199. The Morgan fingerprint density at radius 2 is 2.00 bits per heavy atom. The third kappa shape index (κ3) is 3.26. The molecule has 8 heteroatoms. The van der Waals surface area contributed by atoms with Crippen LogP contribution in [-0.4, -0.2) is 24.5 Å². The fourth-order valence-corrected chi connectivity index (χ4v) is 3.41. The van der Waals surface area contributed by atoms with E-state index in [0.29, 0.717) is 40.4 Å². The molecule has 0 aliphatic heterocycles. The summed E-state index contributed by atoms with van der Waals surface area (Å²) < 4.78 is 1.46. The zero-order chi connectivity index (χ0) is 19.1. The molecule has 0 aliphatic rings. The molecule has 0 bridgehead atoms. The summed E-state index contributed by atoms with van der Waals surface area (Å²) in [6, 6.07) is 7.29. The molecule has 1 atom stereocenters. The number of aromatic nitrogens is 5. The first kappa shape index (κ1) is 17.5. The molecular weight excluding hydrogens is 366 g/mol. The second-order valence-electron chi connectivity index (χ2n) is 6.74. The topological polar surface area (TPSA) is 96.4 Å². The molecule has 7 nitrogen and oxygen atoms in total. The zero-order valence-corrected chi connectivity index (χ0v) is 15.7. The maximum Gasteiger partial charge on any atom is 0.327 e. The molecule has 4 aromatic rings. The minimum Gasteiger partial charge on any atom is -0.322 e. The molecule has 4 rings (SSSR count). The number of benzene rings is 1. The molecule has 3 heterocycles. The van der Waals surface area contributed by atoms with Gasteiger partial charge in [0, 0.05) is 29.6 Å². The van der Waals surface area contributed by atoms with Gasteiger partial charge >= 0.3 is 5.69 Å². The van der Waals surface area contributed by atoms with Crippen molar-refractivity contribution >= 4 is 33.7 Å². The second-order valence-corrected chi connectivity index (χ2v) is 7.17. The normalized spacial score (nSPS) is 12.7. The summed E-state index contributed by atoms with van der Waals surface area (Å²) in [6.45, 7) is 2.01. The molecule has 0 unspecified atom stereocenters. The molecule has 0 radical (unpaired) electrons. The number of aryl methyl sites for hydroxylation is 2. The number of pyridine rings is 1. The molecule has 0 amide bonds. The number of imidazole rings is 1. The molecule has 138 valence electrons. The van der Waals surface area contributed by atoms with Crippen LogP contribution in [0.1, 0.15) is 30.7 Å². The number of hydrogen-bond acceptors (Lipinski definition) is 4. The lowest BCUT2D eigenvalue weighted by Gasteiger charge is -2.11. The van der Waals surface area contributed by atoms with Gasteiger partial charge in [-0.15, -0.1) is 0 Å². The molecule has 0 aliphatic carbocycles. The first-order valence-corrected chi connectivity index (χ1v) is 9.03. The van der Waals surface area contributed by atoms with E-state index in [9.17, 15) is 9.59 Å². The summed E-state index contributed by atoms with van der Waals surface area (Å²) in [5.41, 5.74) is 2.35. The number of nitrogens with zero attached hydrogens (tertiary/aromatic N) is 3. The zero-order valence-electron chi connectivity index (χ0n) is 14.9. The van der Waals surface area contributed by atoms with Crippen LogP contribution in [0.5, 0.6) is 0 Å². The number of halogens is 1. The van der Waals surface area contributed by atoms with E-state index >= 15 is 0 Å². The Hall–Kier alpha value is -2.93. The predicted octanol–water partition coefficient (Wildman–Crippen LogP) is 2.89. The highest BCUT2D eigenvalue weighted by molar-refractivity contribution is 6.31. The average molecular weight is 384 g/mol. The quantitative estimate of drug-likeness (QED) is 0.566. The van der Waals surface area contributed by atoms with E-state index in [1.165, 1.54) is 4.57 Å². The van der Waals surface area contributed by atoms with Gasteiger partial charge in [-0.1, -0.05) is 18.5 Å². The van der Waals surface area contributed by atoms with Gasteiger partial charge in [0.15, 0.2) is 5.65 Å². The van der Waals surface area contributed by atoms with Crippen LogP contribution in [0, 0.1) is 0 Å². The summed E-state index contributed by atoms with van der Waals surface area (Å²) in [7, 11) is 1.67. The van der Waals surface area contributed by atoms with Crippen molar-refractivity contribution in [3.63, 3.8) is 0 Å². The number of hydrogen-bond donors (Lipinski definition) is 2. The lowest BCUT2D eigenvalue weighted by atomic mass is 9.96. The van der Waals surface area contributed by atoms with Crippen LogP contribution in [0.3, 0.4) is 0 Å². The Balaban J connectivity index is 1.59. The van der Waals surface area contributed by atoms with Gasteiger partial charge in [-0.05, 0) is 42.0 Å². The molecule has 3 aromatic heterocycles. The SMILES string of the molecule is C[C@H](CCc1ncc2[nH]c(=O)n(C)c2n1)c1cc2cc(Cl)ccc2[nH]c1=O. The Kier molecular flexibility index (Phi) is 4.31. The van der Waals surface area contributed by atoms with E-state index in [0.717, 1.165) is 10.9 Å². The van der Waals surface area contributed by atoms with Crippen LogP contribution < -0.4 is 11.2 Å². The maximum atomic E-state index is 12.4. The summed E-state index contributed by atoms with van der Waals surface area (Å²) in [5.74, 6) is 0.663. The molecule has 1 aromatic carbocycles. The van der Waals surface area contributed by atoms with E-state index in [1.807, 2.05) is 19.1 Å². The van der Waals surface area contributed by atoms with Crippen LogP contribution in [0.2, 0.25) is 5.02 Å². The molecule has 27 heavy (non-hydrogen) atoms. The van der Waals surface area contributed by atoms with Gasteiger partial charge in [-0.2, -0.15) is 0 Å². The summed E-state index contributed by atoms with van der Waals surface area (Å²) in [5, 5.41) is 1.54. The van der Waals surface area contributed by atoms with Crippen LogP contribution >= 0.6 is 11.6 Å². The van der Waals surface area contributed by atoms with Gasteiger partial charge in [0.05, 0.1) is 6.20 Å². The van der Waals surface area contributed by atoms with Gasteiger partial charge < -0.3 is 9.97 Å². The van der Waals surface area contributed by atoms with E-state index in [4.69, 9.17) is 11.6 Å². The smallest absolute Gasteiger partial charge is 0.322 e. The Morgan fingerprint density at radius 1 is 1.19 bits per heavy atom. The van der Waals surface area contributed by atoms with Crippen molar-refractivity contribution in [1.82, 2.24) is 24.5 Å². The Bertz CT molecular complexity index is 1270. The second kappa shape index (κ2) is 6.66. The van der Waals surface area contributed by atoms with Crippen LogP contribution in [0.15, 0.2) is 40.1 Å². The van der Waals surface area contributed by atoms with Crippen molar-refractivity contribution in [3.05, 3.63) is 67.7 Å². The monoisotopic (exact) mass is 383 g/mol. The molecule has 0 fully saturated rings. The fourth-order valence-electron chi connectivity index (χ4n) is 3.23. The molecule has 0 saturated heterocycles. The van der Waals surface area contributed by atoms with E-state index in [2.05, 4.69) is 19.9 Å². The van der Waals surface area contributed by atoms with Crippen molar-refractivity contribution in [1.29, 1.82) is 0 Å². The van der Waals surface area contributed by atoms with Gasteiger partial charge in [0.25, 0.3) is 5.56 Å². The summed E-state index contributed by atoms with van der Waals surface area (Å²) >= 11 is 6.06. The molecule has 2 N–H and O–H groups in total. The number of aromatic amines is 2. The third-order valence-electron chi connectivity index (χ3n) is 4.85. The molecular formula is C19H18ClN5O2. The molecule has 0 spiro atoms. The number of fused-ring (bicyclic) bond motifs is 2. The fraction of sp³-hybridized carbons (Fsp3) is 0.263. The van der Waals surface area contributed by atoms with Gasteiger partial charge in [-0.3, -0.25) is 9.36 Å². The molecule has 0 saturated carbocycles. The number of rotatable bonds is 4. The first-order valence-electron chi connectivity index (χ1n) is 8.65. The number of nitrogens with one attached hydrogen (secondary N) is 2. The Morgan fingerprint density at radius 3 is 2.81 bits per heavy atom. The highest BCUT2D eigenvalue weighted by atomic mass is 35.5. The van der Waals surface area contributed by atoms with Crippen molar-refractivity contribution in [2.45, 2.75) is 25.7 Å². The summed E-state index contributed by atoms with van der Waals surface area (Å²) in [6.07, 6.45) is 2.93. The van der Waals surface area contributed by atoms with E-state index < -0.39 is 0 Å². The van der Waals surface area contributed by atoms with Crippen molar-refractivity contribution in [2.75, 3.05) is 0 Å². The predicted molar refractivity (Wildman–Crippen MR) is 105 cm³/mol. The van der Waals surface area contributed by atoms with Gasteiger partial charge in [-0.25, -0.2) is 14.8 Å². The summed E-state index contributed by atoms with van der Waals surface area (Å²) in [4.78, 5) is 38.5. The van der Waals surface area contributed by atoms with Crippen molar-refractivity contribution < 1.29 is 0 Å². The maximum absolute atomic E-state index is 12.4. The van der Waals surface area contributed by atoms with Crippen LogP contribution in [-0.2, 0) is 13.5 Å². The van der Waals surface area contributed by atoms with Crippen molar-refractivity contribution in [3.8, 4) is 0 Å². The van der Waals surface area contributed by atoms with Crippen LogP contribution in [0.4, 0.5) is 0 Å². The lowest BCUT2D eigenvalue weighted by molar-refractivity contribution is 0.654. The Labute approximate surface area is 159 Å². The average Bonchev–Trinajstić information content (AvgIpc) is 2.93. The van der Waals surface area contributed by atoms with E-state index in [1.54, 1.807) is 25.4 Å². The highest BCUT2D eigenvalue weighted by Gasteiger charge is 2.13. The third-order valence-corrected chi connectivity index (χ3v) is 5.08. The minimum atomic E-state index is -0.217. The first-order chi connectivity index (χ1) is 12.9. The van der Waals surface area contributed by atoms with E-state index in [-0.39, 0.29) is 17.2 Å². The lowest BCUT2D eigenvalue weighted by Crippen LogP contribution is -2.15. The number of H-pyrrole nitrogens is 2. The van der Waals surface area contributed by atoms with Crippen LogP contribution in [0.25, 0.3) is 22.1 Å².